The average Bonchev–Trinajstić information content (AvgIpc) is 3.06. The maximum atomic E-state index is 12.2. The lowest BCUT2D eigenvalue weighted by atomic mass is 9.99. The Morgan fingerprint density at radius 2 is 2.04 bits per heavy atom. The molecule has 1 aromatic carbocycles. The van der Waals surface area contributed by atoms with Gasteiger partial charge in [0.1, 0.15) is 5.01 Å². The molecule has 3 rings (SSSR count). The van der Waals surface area contributed by atoms with Gasteiger partial charge >= 0.3 is 0 Å². The molecule has 1 aliphatic heterocycles. The predicted octanol–water partition coefficient (Wildman–Crippen LogP) is 2.83. The number of aromatic nitrogens is 2. The van der Waals surface area contributed by atoms with Gasteiger partial charge in [0.25, 0.3) is 5.91 Å². The second kappa shape index (κ2) is 7.51. The van der Waals surface area contributed by atoms with Gasteiger partial charge in [-0.05, 0) is 45.0 Å². The van der Waals surface area contributed by atoms with Gasteiger partial charge in [-0.1, -0.05) is 29.0 Å². The van der Waals surface area contributed by atoms with Crippen molar-refractivity contribution < 1.29 is 4.79 Å². The van der Waals surface area contributed by atoms with E-state index in [0.29, 0.717) is 11.6 Å². The maximum Gasteiger partial charge on any atom is 0.286 e. The number of benzene rings is 1. The molecule has 1 amide bonds. The Morgan fingerprint density at radius 1 is 1.33 bits per heavy atom. The molecule has 1 aliphatic rings. The van der Waals surface area contributed by atoms with E-state index in [1.807, 2.05) is 31.2 Å². The number of carbonyl (C=O) groups is 1. The van der Waals surface area contributed by atoms with Gasteiger partial charge in [-0.15, -0.1) is 10.2 Å². The first-order chi connectivity index (χ1) is 11.6. The zero-order chi connectivity index (χ0) is 16.9. The Kier molecular flexibility index (Phi) is 5.18. The second-order valence-corrected chi connectivity index (χ2v) is 7.06. The summed E-state index contributed by atoms with van der Waals surface area (Å²) in [4.78, 5) is 14.5. The smallest absolute Gasteiger partial charge is 0.286 e. The van der Waals surface area contributed by atoms with E-state index in [-0.39, 0.29) is 11.8 Å². The monoisotopic (exact) mass is 341 g/mol. The van der Waals surface area contributed by atoms with E-state index >= 15 is 0 Å². The minimum atomic E-state index is -0.231. The normalized spacial score (nSPS) is 15.8. The highest BCUT2D eigenvalue weighted by molar-refractivity contribution is 7.13. The summed E-state index contributed by atoms with van der Waals surface area (Å²) in [5.41, 5.74) is 1.90. The van der Waals surface area contributed by atoms with Gasteiger partial charge in [0.05, 0.1) is 12.6 Å². The summed E-state index contributed by atoms with van der Waals surface area (Å²) in [6.45, 7) is 4.47. The summed E-state index contributed by atoms with van der Waals surface area (Å²) in [6, 6.07) is 9.97. The Bertz CT molecular complexity index is 741. The number of nitrogens with one attached hydrogen (secondary N) is 1. The van der Waals surface area contributed by atoms with Crippen molar-refractivity contribution in [2.24, 2.45) is 5.92 Å². The van der Waals surface area contributed by atoms with Crippen molar-refractivity contribution in [3.8, 4) is 6.07 Å². The summed E-state index contributed by atoms with van der Waals surface area (Å²) in [7, 11) is 0. The van der Waals surface area contributed by atoms with Gasteiger partial charge in [-0.3, -0.25) is 9.69 Å². The third kappa shape index (κ3) is 4.16. The lowest BCUT2D eigenvalue weighted by molar-refractivity contribution is 0.102. The number of hydrogen-bond acceptors (Lipinski definition) is 6. The summed E-state index contributed by atoms with van der Waals surface area (Å²) < 4.78 is 0. The molecule has 2 aromatic rings. The van der Waals surface area contributed by atoms with Gasteiger partial charge < -0.3 is 5.32 Å². The quantitative estimate of drug-likeness (QED) is 0.925. The van der Waals surface area contributed by atoms with Crippen LogP contribution >= 0.6 is 11.3 Å². The van der Waals surface area contributed by atoms with Gasteiger partial charge in [-0.2, -0.15) is 5.26 Å². The number of carbonyl (C=O) groups excluding carboxylic acids is 1. The highest BCUT2D eigenvalue weighted by atomic mass is 32.1. The van der Waals surface area contributed by atoms with Crippen LogP contribution in [0.25, 0.3) is 0 Å². The van der Waals surface area contributed by atoms with Crippen LogP contribution in [0.5, 0.6) is 0 Å². The minimum Gasteiger partial charge on any atom is -0.320 e. The standard InChI is InChI=1S/C17H19N5OS/c1-12-2-4-14(5-3-12)19-16(23)17-21-20-15(24-17)11-22-8-6-13(10-18)7-9-22/h2-5,13H,6-9,11H2,1H3,(H,19,23). The number of hydrogen-bond donors (Lipinski definition) is 1. The van der Waals surface area contributed by atoms with Gasteiger partial charge in [0.2, 0.25) is 5.01 Å². The number of anilines is 1. The molecule has 24 heavy (non-hydrogen) atoms. The fourth-order valence-electron chi connectivity index (χ4n) is 2.64. The van der Waals surface area contributed by atoms with E-state index in [2.05, 4.69) is 26.5 Å². The number of aryl methyl sites for hydroxylation is 1. The van der Waals surface area contributed by atoms with Crippen molar-refractivity contribution in [3.63, 3.8) is 0 Å². The lowest BCUT2D eigenvalue weighted by Gasteiger charge is -2.27. The van der Waals surface area contributed by atoms with Crippen LogP contribution in [-0.2, 0) is 6.54 Å². The molecule has 2 heterocycles. The molecule has 0 atom stereocenters. The fourth-order valence-corrected chi connectivity index (χ4v) is 3.42. The Labute approximate surface area is 145 Å². The third-order valence-electron chi connectivity index (χ3n) is 4.10. The molecule has 124 valence electrons. The van der Waals surface area contributed by atoms with E-state index < -0.39 is 0 Å². The molecule has 0 spiro atoms. The number of nitrogens with zero attached hydrogens (tertiary/aromatic N) is 4. The number of rotatable bonds is 4. The molecule has 1 aromatic heterocycles. The molecule has 1 N–H and O–H groups in total. The zero-order valence-corrected chi connectivity index (χ0v) is 14.3. The molecule has 0 unspecified atom stereocenters. The van der Waals surface area contributed by atoms with E-state index in [0.717, 1.165) is 42.2 Å². The van der Waals surface area contributed by atoms with Crippen molar-refractivity contribution in [1.82, 2.24) is 15.1 Å². The molecule has 7 heteroatoms. The van der Waals surface area contributed by atoms with Crippen LogP contribution in [0.2, 0.25) is 0 Å². The van der Waals surface area contributed by atoms with Crippen molar-refractivity contribution in [2.45, 2.75) is 26.3 Å². The first-order valence-electron chi connectivity index (χ1n) is 7.96. The summed E-state index contributed by atoms with van der Waals surface area (Å²) in [5.74, 6) is -0.0580. The number of nitriles is 1. The van der Waals surface area contributed by atoms with Crippen molar-refractivity contribution in [2.75, 3.05) is 18.4 Å². The van der Waals surface area contributed by atoms with Crippen molar-refractivity contribution in [1.29, 1.82) is 5.26 Å². The van der Waals surface area contributed by atoms with Crippen LogP contribution in [-0.4, -0.2) is 34.1 Å². The molecular weight excluding hydrogens is 322 g/mol. The molecule has 0 bridgehead atoms. The molecule has 0 saturated carbocycles. The summed E-state index contributed by atoms with van der Waals surface area (Å²) >= 11 is 1.32. The van der Waals surface area contributed by atoms with E-state index in [9.17, 15) is 4.79 Å². The molecule has 6 nitrogen and oxygen atoms in total. The van der Waals surface area contributed by atoms with Crippen LogP contribution in [0, 0.1) is 24.2 Å². The van der Waals surface area contributed by atoms with E-state index in [1.165, 1.54) is 11.3 Å². The van der Waals surface area contributed by atoms with E-state index in [1.54, 1.807) is 0 Å². The van der Waals surface area contributed by atoms with Gasteiger partial charge in [0.15, 0.2) is 0 Å². The summed E-state index contributed by atoms with van der Waals surface area (Å²) in [6.07, 6.45) is 1.80. The fraction of sp³-hybridized carbons (Fsp3) is 0.412. The van der Waals surface area contributed by atoms with Crippen LogP contribution in [0.3, 0.4) is 0 Å². The first-order valence-corrected chi connectivity index (χ1v) is 8.78. The van der Waals surface area contributed by atoms with Crippen LogP contribution in [0.4, 0.5) is 5.69 Å². The van der Waals surface area contributed by atoms with Crippen molar-refractivity contribution >= 4 is 22.9 Å². The Morgan fingerprint density at radius 3 is 2.71 bits per heavy atom. The number of likely N-dealkylation sites (tertiary alicyclic amines) is 1. The van der Waals surface area contributed by atoms with Gasteiger partial charge in [-0.25, -0.2) is 0 Å². The lowest BCUT2D eigenvalue weighted by Crippen LogP contribution is -2.32. The molecule has 0 aliphatic carbocycles. The van der Waals surface area contributed by atoms with Crippen LogP contribution in [0.1, 0.15) is 33.2 Å². The van der Waals surface area contributed by atoms with E-state index in [4.69, 9.17) is 5.26 Å². The predicted molar refractivity (Wildman–Crippen MR) is 92.7 cm³/mol. The maximum absolute atomic E-state index is 12.2. The molecular formula is C17H19N5OS. The second-order valence-electron chi connectivity index (χ2n) is 6.00. The highest BCUT2D eigenvalue weighted by Gasteiger charge is 2.20. The highest BCUT2D eigenvalue weighted by Crippen LogP contribution is 2.20. The SMILES string of the molecule is Cc1ccc(NC(=O)c2nnc(CN3CCC(C#N)CC3)s2)cc1. The molecule has 1 fully saturated rings. The third-order valence-corrected chi connectivity index (χ3v) is 5.01. The number of piperidine rings is 1. The molecule has 1 saturated heterocycles. The van der Waals surface area contributed by atoms with Crippen molar-refractivity contribution in [3.05, 3.63) is 39.8 Å². The Hall–Kier alpha value is -2.30. The zero-order valence-electron chi connectivity index (χ0n) is 13.5. The summed E-state index contributed by atoms with van der Waals surface area (Å²) in [5, 5.41) is 21.1. The van der Waals surface area contributed by atoms with Crippen LogP contribution < -0.4 is 5.32 Å². The van der Waals surface area contributed by atoms with Crippen LogP contribution in [0.15, 0.2) is 24.3 Å². The first kappa shape index (κ1) is 16.6. The largest absolute Gasteiger partial charge is 0.320 e. The Balaban J connectivity index is 1.56. The van der Waals surface area contributed by atoms with Gasteiger partial charge in [0, 0.05) is 11.6 Å². The topological polar surface area (TPSA) is 81.9 Å². The average molecular weight is 341 g/mol. The number of amides is 1. The molecule has 0 radical (unpaired) electrons. The minimum absolute atomic E-state index is 0.173.